The average molecular weight is 317 g/mol. The molecule has 1 amide bonds. The lowest BCUT2D eigenvalue weighted by Gasteiger charge is -2.19. The van der Waals surface area contributed by atoms with Gasteiger partial charge in [-0.05, 0) is 24.5 Å². The molecule has 0 saturated heterocycles. The van der Waals surface area contributed by atoms with Gasteiger partial charge < -0.3 is 5.32 Å². The van der Waals surface area contributed by atoms with Crippen LogP contribution in [0.4, 0.5) is 0 Å². The van der Waals surface area contributed by atoms with Crippen LogP contribution in [0.5, 0.6) is 0 Å². The highest BCUT2D eigenvalue weighted by Crippen LogP contribution is 2.18. The molecule has 4 nitrogen and oxygen atoms in total. The van der Waals surface area contributed by atoms with Crippen molar-refractivity contribution in [3.63, 3.8) is 0 Å². The van der Waals surface area contributed by atoms with Crippen molar-refractivity contribution in [3.05, 3.63) is 95.6 Å². The van der Waals surface area contributed by atoms with Crippen LogP contribution in [-0.2, 0) is 6.42 Å². The van der Waals surface area contributed by atoms with E-state index in [1.807, 2.05) is 55.5 Å². The first-order valence-corrected chi connectivity index (χ1v) is 7.91. The fourth-order valence-corrected chi connectivity index (χ4v) is 2.53. The summed E-state index contributed by atoms with van der Waals surface area (Å²) in [6.07, 6.45) is 3.83. The number of amides is 1. The van der Waals surface area contributed by atoms with Crippen LogP contribution in [0.25, 0.3) is 0 Å². The number of aromatic nitrogens is 2. The Bertz CT molecular complexity index is 786. The standard InChI is InChI=1S/C20H19N3O/c1-15-13-22-19(14-21-15)20(24)23-18(17-10-6-3-7-11-17)12-16-8-4-2-5-9-16/h2-11,13-14,18H,12H2,1H3,(H,23,24)/t18-/m0/s1. The molecule has 4 heteroatoms. The monoisotopic (exact) mass is 317 g/mol. The summed E-state index contributed by atoms with van der Waals surface area (Å²) >= 11 is 0. The maximum atomic E-state index is 12.5. The van der Waals surface area contributed by atoms with Gasteiger partial charge in [0.1, 0.15) is 5.69 Å². The zero-order valence-electron chi connectivity index (χ0n) is 13.5. The smallest absolute Gasteiger partial charge is 0.271 e. The first kappa shape index (κ1) is 15.9. The highest BCUT2D eigenvalue weighted by Gasteiger charge is 2.17. The van der Waals surface area contributed by atoms with Crippen LogP contribution >= 0.6 is 0 Å². The third kappa shape index (κ3) is 4.04. The van der Waals surface area contributed by atoms with Gasteiger partial charge in [0.2, 0.25) is 0 Å². The number of carbonyl (C=O) groups excluding carboxylic acids is 1. The first-order chi connectivity index (χ1) is 11.7. The molecule has 1 atom stereocenters. The molecule has 0 unspecified atom stereocenters. The number of hydrogen-bond donors (Lipinski definition) is 1. The lowest BCUT2D eigenvalue weighted by atomic mass is 9.98. The van der Waals surface area contributed by atoms with E-state index in [0.29, 0.717) is 5.69 Å². The van der Waals surface area contributed by atoms with Crippen molar-refractivity contribution < 1.29 is 4.79 Å². The van der Waals surface area contributed by atoms with E-state index < -0.39 is 0 Å². The van der Waals surface area contributed by atoms with E-state index in [2.05, 4.69) is 27.4 Å². The molecule has 0 radical (unpaired) electrons. The average Bonchev–Trinajstić information content (AvgIpc) is 2.63. The van der Waals surface area contributed by atoms with Crippen molar-refractivity contribution in [1.29, 1.82) is 0 Å². The van der Waals surface area contributed by atoms with Crippen molar-refractivity contribution in [2.45, 2.75) is 19.4 Å². The molecule has 0 saturated carbocycles. The molecule has 2 aromatic carbocycles. The van der Waals surface area contributed by atoms with E-state index in [1.165, 1.54) is 11.8 Å². The molecule has 1 heterocycles. The molecule has 3 aromatic rings. The van der Waals surface area contributed by atoms with E-state index in [9.17, 15) is 4.79 Å². The lowest BCUT2D eigenvalue weighted by Crippen LogP contribution is -2.30. The van der Waals surface area contributed by atoms with E-state index in [4.69, 9.17) is 0 Å². The predicted octanol–water partition coefficient (Wildman–Crippen LogP) is 3.50. The van der Waals surface area contributed by atoms with Gasteiger partial charge in [-0.1, -0.05) is 60.7 Å². The number of hydrogen-bond acceptors (Lipinski definition) is 3. The molecule has 0 aliphatic rings. The number of aryl methyl sites for hydroxylation is 1. The number of carbonyl (C=O) groups is 1. The summed E-state index contributed by atoms with van der Waals surface area (Å²) in [5, 5.41) is 3.08. The van der Waals surface area contributed by atoms with Crippen LogP contribution in [0.1, 0.15) is 33.4 Å². The van der Waals surface area contributed by atoms with Crippen molar-refractivity contribution in [2.24, 2.45) is 0 Å². The fourth-order valence-electron chi connectivity index (χ4n) is 2.53. The molecule has 1 N–H and O–H groups in total. The second-order valence-electron chi connectivity index (χ2n) is 5.67. The summed E-state index contributed by atoms with van der Waals surface area (Å²) in [5.74, 6) is -0.215. The summed E-state index contributed by atoms with van der Waals surface area (Å²) in [7, 11) is 0. The van der Waals surface area contributed by atoms with Crippen LogP contribution in [0, 0.1) is 6.92 Å². The van der Waals surface area contributed by atoms with E-state index in [1.54, 1.807) is 6.20 Å². The molecule has 120 valence electrons. The molecule has 0 aliphatic heterocycles. The minimum atomic E-state index is -0.215. The molecular formula is C20H19N3O. The SMILES string of the molecule is Cc1cnc(C(=O)N[C@@H](Cc2ccccc2)c2ccccc2)cn1. The predicted molar refractivity (Wildman–Crippen MR) is 93.6 cm³/mol. The molecule has 0 fully saturated rings. The van der Waals surface area contributed by atoms with Crippen LogP contribution in [0.2, 0.25) is 0 Å². The molecule has 0 aliphatic carbocycles. The molecule has 0 spiro atoms. The third-order valence-corrected chi connectivity index (χ3v) is 3.80. The quantitative estimate of drug-likeness (QED) is 0.783. The van der Waals surface area contributed by atoms with Crippen molar-refractivity contribution in [2.75, 3.05) is 0 Å². The fraction of sp³-hybridized carbons (Fsp3) is 0.150. The zero-order valence-corrected chi connectivity index (χ0v) is 13.5. The summed E-state index contributed by atoms with van der Waals surface area (Å²) in [6.45, 7) is 1.84. The third-order valence-electron chi connectivity index (χ3n) is 3.80. The van der Waals surface area contributed by atoms with Crippen molar-refractivity contribution in [3.8, 4) is 0 Å². The minimum Gasteiger partial charge on any atom is -0.344 e. The molecular weight excluding hydrogens is 298 g/mol. The Kier molecular flexibility index (Phi) is 4.96. The van der Waals surface area contributed by atoms with Gasteiger partial charge in [0.25, 0.3) is 5.91 Å². The van der Waals surface area contributed by atoms with E-state index in [-0.39, 0.29) is 11.9 Å². The number of nitrogens with zero attached hydrogens (tertiary/aromatic N) is 2. The minimum absolute atomic E-state index is 0.121. The highest BCUT2D eigenvalue weighted by molar-refractivity contribution is 5.92. The van der Waals surface area contributed by atoms with Gasteiger partial charge in [0, 0.05) is 6.20 Å². The van der Waals surface area contributed by atoms with Gasteiger partial charge in [0.05, 0.1) is 17.9 Å². The van der Waals surface area contributed by atoms with Crippen molar-refractivity contribution >= 4 is 5.91 Å². The normalized spacial score (nSPS) is 11.7. The Morgan fingerprint density at radius 3 is 2.25 bits per heavy atom. The van der Waals surface area contributed by atoms with E-state index >= 15 is 0 Å². The Hall–Kier alpha value is -3.01. The van der Waals surface area contributed by atoms with Crippen molar-refractivity contribution in [1.82, 2.24) is 15.3 Å². The van der Waals surface area contributed by atoms with Crippen LogP contribution < -0.4 is 5.32 Å². The highest BCUT2D eigenvalue weighted by atomic mass is 16.1. The lowest BCUT2D eigenvalue weighted by molar-refractivity contribution is 0.0931. The second kappa shape index (κ2) is 7.51. The zero-order chi connectivity index (χ0) is 16.8. The molecule has 24 heavy (non-hydrogen) atoms. The molecule has 1 aromatic heterocycles. The second-order valence-corrected chi connectivity index (χ2v) is 5.67. The van der Waals surface area contributed by atoms with Gasteiger partial charge >= 0.3 is 0 Å². The summed E-state index contributed by atoms with van der Waals surface area (Å²) < 4.78 is 0. The largest absolute Gasteiger partial charge is 0.344 e. The van der Waals surface area contributed by atoms with Crippen LogP contribution in [-0.4, -0.2) is 15.9 Å². The van der Waals surface area contributed by atoms with E-state index in [0.717, 1.165) is 17.7 Å². The summed E-state index contributed by atoms with van der Waals surface area (Å²) in [5.41, 5.74) is 3.35. The van der Waals surface area contributed by atoms with Crippen LogP contribution in [0.15, 0.2) is 73.1 Å². The Balaban J connectivity index is 1.82. The van der Waals surface area contributed by atoms with Gasteiger partial charge in [-0.2, -0.15) is 0 Å². The Morgan fingerprint density at radius 2 is 1.62 bits per heavy atom. The number of nitrogens with one attached hydrogen (secondary N) is 1. The Morgan fingerprint density at radius 1 is 0.958 bits per heavy atom. The summed E-state index contributed by atoms with van der Waals surface area (Å²) in [6, 6.07) is 20.0. The number of benzene rings is 2. The number of rotatable bonds is 5. The molecule has 3 rings (SSSR count). The summed E-state index contributed by atoms with van der Waals surface area (Å²) in [4.78, 5) is 20.8. The van der Waals surface area contributed by atoms with Gasteiger partial charge in [-0.25, -0.2) is 4.98 Å². The van der Waals surface area contributed by atoms with Crippen LogP contribution in [0.3, 0.4) is 0 Å². The topological polar surface area (TPSA) is 54.9 Å². The first-order valence-electron chi connectivity index (χ1n) is 7.91. The maximum Gasteiger partial charge on any atom is 0.271 e. The van der Waals surface area contributed by atoms with Gasteiger partial charge in [-0.15, -0.1) is 0 Å². The maximum absolute atomic E-state index is 12.5. The molecule has 0 bridgehead atoms. The van der Waals surface area contributed by atoms with Gasteiger partial charge in [-0.3, -0.25) is 9.78 Å². The van der Waals surface area contributed by atoms with Gasteiger partial charge in [0.15, 0.2) is 0 Å². The Labute approximate surface area is 141 Å².